The number of nitrogens with zero attached hydrogens (tertiary/aromatic N) is 1. The van der Waals surface area contributed by atoms with E-state index in [2.05, 4.69) is 27.7 Å². The SMILES string of the molecule is O=C(NC1CCN(Cc2cccs2)CC1)[C@H]1CCS(=O)(=O)C1. The lowest BCUT2D eigenvalue weighted by Crippen LogP contribution is -2.46. The van der Waals surface area contributed by atoms with E-state index in [1.807, 2.05) is 0 Å². The normalized spacial score (nSPS) is 26.1. The maximum atomic E-state index is 12.2. The number of hydrogen-bond donors (Lipinski definition) is 1. The molecule has 1 N–H and O–H groups in total. The van der Waals surface area contributed by atoms with Gasteiger partial charge in [0, 0.05) is 30.6 Å². The first-order valence-electron chi connectivity index (χ1n) is 7.77. The number of amides is 1. The van der Waals surface area contributed by atoms with E-state index in [-0.39, 0.29) is 29.4 Å². The fourth-order valence-corrected chi connectivity index (χ4v) is 5.67. The third kappa shape index (κ3) is 4.08. The molecule has 0 aliphatic carbocycles. The van der Waals surface area contributed by atoms with Gasteiger partial charge in [0.2, 0.25) is 5.91 Å². The van der Waals surface area contributed by atoms with Crippen LogP contribution < -0.4 is 5.32 Å². The first-order chi connectivity index (χ1) is 10.5. The molecule has 1 atom stereocenters. The molecule has 1 amide bonds. The second kappa shape index (κ2) is 6.68. The predicted molar refractivity (Wildman–Crippen MR) is 87.5 cm³/mol. The highest BCUT2D eigenvalue weighted by Gasteiger charge is 2.34. The molecule has 0 unspecified atom stereocenters. The largest absolute Gasteiger partial charge is 0.353 e. The Balaban J connectivity index is 1.43. The van der Waals surface area contributed by atoms with E-state index in [9.17, 15) is 13.2 Å². The Bertz CT molecular complexity index is 605. The van der Waals surface area contributed by atoms with Crippen LogP contribution in [0.4, 0.5) is 0 Å². The molecule has 1 aromatic rings. The van der Waals surface area contributed by atoms with Crippen LogP contribution >= 0.6 is 11.3 Å². The molecule has 7 heteroatoms. The molecular weight excluding hydrogens is 320 g/mol. The summed E-state index contributed by atoms with van der Waals surface area (Å²) >= 11 is 1.78. The molecule has 2 saturated heterocycles. The molecule has 2 aliphatic heterocycles. The average Bonchev–Trinajstić information content (AvgIpc) is 3.10. The predicted octanol–water partition coefficient (Wildman–Crippen LogP) is 1.26. The van der Waals surface area contributed by atoms with Gasteiger partial charge in [-0.2, -0.15) is 0 Å². The van der Waals surface area contributed by atoms with E-state index in [0.29, 0.717) is 6.42 Å². The Labute approximate surface area is 135 Å². The molecule has 0 bridgehead atoms. The summed E-state index contributed by atoms with van der Waals surface area (Å²) in [5, 5.41) is 5.15. The van der Waals surface area contributed by atoms with Gasteiger partial charge in [-0.3, -0.25) is 9.69 Å². The van der Waals surface area contributed by atoms with Crippen LogP contribution in [-0.4, -0.2) is 49.9 Å². The van der Waals surface area contributed by atoms with E-state index in [0.717, 1.165) is 32.5 Å². The lowest BCUT2D eigenvalue weighted by atomic mass is 10.0. The van der Waals surface area contributed by atoms with Crippen molar-refractivity contribution >= 4 is 27.1 Å². The molecular formula is C15H22N2O3S2. The number of piperidine rings is 1. The van der Waals surface area contributed by atoms with Gasteiger partial charge in [0.05, 0.1) is 17.4 Å². The summed E-state index contributed by atoms with van der Waals surface area (Å²) in [4.78, 5) is 15.9. The topological polar surface area (TPSA) is 66.5 Å². The number of carbonyl (C=O) groups is 1. The van der Waals surface area contributed by atoms with Crippen molar-refractivity contribution in [2.75, 3.05) is 24.6 Å². The quantitative estimate of drug-likeness (QED) is 0.895. The minimum atomic E-state index is -2.99. The van der Waals surface area contributed by atoms with E-state index < -0.39 is 9.84 Å². The molecule has 0 radical (unpaired) electrons. The monoisotopic (exact) mass is 342 g/mol. The summed E-state index contributed by atoms with van der Waals surface area (Å²) in [5.74, 6) is -0.229. The highest BCUT2D eigenvalue weighted by atomic mass is 32.2. The third-order valence-electron chi connectivity index (χ3n) is 4.50. The lowest BCUT2D eigenvalue weighted by Gasteiger charge is -2.32. The highest BCUT2D eigenvalue weighted by Crippen LogP contribution is 2.20. The molecule has 22 heavy (non-hydrogen) atoms. The molecule has 3 heterocycles. The highest BCUT2D eigenvalue weighted by molar-refractivity contribution is 7.91. The Morgan fingerprint density at radius 3 is 2.68 bits per heavy atom. The van der Waals surface area contributed by atoms with Crippen LogP contribution in [0.3, 0.4) is 0 Å². The fraction of sp³-hybridized carbons (Fsp3) is 0.667. The van der Waals surface area contributed by atoms with Gasteiger partial charge >= 0.3 is 0 Å². The van der Waals surface area contributed by atoms with Gasteiger partial charge in [-0.05, 0) is 30.7 Å². The molecule has 122 valence electrons. The van der Waals surface area contributed by atoms with Crippen molar-refractivity contribution in [2.24, 2.45) is 5.92 Å². The molecule has 0 spiro atoms. The van der Waals surface area contributed by atoms with Crippen LogP contribution in [0.25, 0.3) is 0 Å². The maximum absolute atomic E-state index is 12.2. The molecule has 0 aromatic carbocycles. The van der Waals surface area contributed by atoms with Crippen LogP contribution in [0, 0.1) is 5.92 Å². The number of likely N-dealkylation sites (tertiary alicyclic amines) is 1. The van der Waals surface area contributed by atoms with Crippen LogP contribution in [0.5, 0.6) is 0 Å². The van der Waals surface area contributed by atoms with Gasteiger partial charge in [0.25, 0.3) is 0 Å². The average molecular weight is 342 g/mol. The zero-order valence-corrected chi connectivity index (χ0v) is 14.2. The summed E-state index contributed by atoms with van der Waals surface area (Å²) in [6.07, 6.45) is 2.36. The van der Waals surface area contributed by atoms with Crippen molar-refractivity contribution in [3.8, 4) is 0 Å². The molecule has 0 saturated carbocycles. The summed E-state index contributed by atoms with van der Waals surface area (Å²) in [5.41, 5.74) is 0. The van der Waals surface area contributed by atoms with Gasteiger partial charge in [-0.15, -0.1) is 11.3 Å². The second-order valence-electron chi connectivity index (χ2n) is 6.24. The van der Waals surface area contributed by atoms with E-state index >= 15 is 0 Å². The molecule has 5 nitrogen and oxygen atoms in total. The maximum Gasteiger partial charge on any atom is 0.224 e. The molecule has 1 aromatic heterocycles. The summed E-state index contributed by atoms with van der Waals surface area (Å²) in [6.45, 7) is 2.94. The van der Waals surface area contributed by atoms with E-state index in [1.54, 1.807) is 11.3 Å². The Hall–Kier alpha value is -0.920. The minimum absolute atomic E-state index is 0.0239. The summed E-state index contributed by atoms with van der Waals surface area (Å²) in [7, 11) is -2.99. The Morgan fingerprint density at radius 1 is 1.32 bits per heavy atom. The minimum Gasteiger partial charge on any atom is -0.353 e. The first-order valence-corrected chi connectivity index (χ1v) is 10.5. The molecule has 2 aliphatic rings. The number of hydrogen-bond acceptors (Lipinski definition) is 5. The van der Waals surface area contributed by atoms with E-state index in [4.69, 9.17) is 0 Å². The van der Waals surface area contributed by atoms with Crippen molar-refractivity contribution < 1.29 is 13.2 Å². The third-order valence-corrected chi connectivity index (χ3v) is 7.13. The number of rotatable bonds is 4. The molecule has 3 rings (SSSR count). The van der Waals surface area contributed by atoms with Crippen molar-refractivity contribution in [1.82, 2.24) is 10.2 Å². The zero-order valence-electron chi connectivity index (χ0n) is 12.5. The summed E-state index contributed by atoms with van der Waals surface area (Å²) in [6, 6.07) is 4.41. The van der Waals surface area contributed by atoms with Gasteiger partial charge in [-0.1, -0.05) is 6.07 Å². The van der Waals surface area contributed by atoms with Gasteiger partial charge in [-0.25, -0.2) is 8.42 Å². The van der Waals surface area contributed by atoms with Crippen LogP contribution in [-0.2, 0) is 21.2 Å². The van der Waals surface area contributed by atoms with Crippen molar-refractivity contribution in [2.45, 2.75) is 31.8 Å². The fourth-order valence-electron chi connectivity index (χ4n) is 3.18. The van der Waals surface area contributed by atoms with Crippen molar-refractivity contribution in [1.29, 1.82) is 0 Å². The van der Waals surface area contributed by atoms with Crippen LogP contribution in [0.2, 0.25) is 0 Å². The van der Waals surface area contributed by atoms with Crippen molar-refractivity contribution in [3.05, 3.63) is 22.4 Å². The van der Waals surface area contributed by atoms with Crippen LogP contribution in [0.1, 0.15) is 24.1 Å². The smallest absolute Gasteiger partial charge is 0.224 e. The van der Waals surface area contributed by atoms with Crippen LogP contribution in [0.15, 0.2) is 17.5 Å². The molecule has 2 fully saturated rings. The first kappa shape index (κ1) is 16.0. The van der Waals surface area contributed by atoms with Gasteiger partial charge in [0.15, 0.2) is 9.84 Å². The van der Waals surface area contributed by atoms with Gasteiger partial charge in [0.1, 0.15) is 0 Å². The summed E-state index contributed by atoms with van der Waals surface area (Å²) < 4.78 is 22.9. The Kier molecular flexibility index (Phi) is 4.84. The number of thiophene rings is 1. The number of carbonyl (C=O) groups excluding carboxylic acids is 1. The zero-order chi connectivity index (χ0) is 15.6. The standard InChI is InChI=1S/C15H22N2O3S2/c18-15(12-5-9-22(19,20)11-12)16-13-3-6-17(7-4-13)10-14-2-1-8-21-14/h1-2,8,12-13H,3-7,9-11H2,(H,16,18)/t12-/m0/s1. The van der Waals surface area contributed by atoms with Gasteiger partial charge < -0.3 is 5.32 Å². The van der Waals surface area contributed by atoms with Crippen molar-refractivity contribution in [3.63, 3.8) is 0 Å². The number of sulfone groups is 1. The lowest BCUT2D eigenvalue weighted by molar-refractivity contribution is -0.125. The number of nitrogens with one attached hydrogen (secondary N) is 1. The second-order valence-corrected chi connectivity index (χ2v) is 9.50. The Morgan fingerprint density at radius 2 is 2.09 bits per heavy atom. The van der Waals surface area contributed by atoms with E-state index in [1.165, 1.54) is 4.88 Å².